The largest absolute Gasteiger partial charge is 0.316 e. The molecule has 16 heavy (non-hydrogen) atoms. The van der Waals surface area contributed by atoms with Gasteiger partial charge >= 0.3 is 0 Å². The third-order valence-electron chi connectivity index (χ3n) is 3.83. The van der Waals surface area contributed by atoms with Gasteiger partial charge in [0.1, 0.15) is 0 Å². The van der Waals surface area contributed by atoms with E-state index in [2.05, 4.69) is 23.3 Å². The molecule has 1 aliphatic carbocycles. The molecule has 0 amide bonds. The van der Waals surface area contributed by atoms with Crippen molar-refractivity contribution >= 4 is 0 Å². The van der Waals surface area contributed by atoms with Crippen LogP contribution in [0, 0.1) is 5.92 Å². The number of hydrogen-bond donors (Lipinski definition) is 1. The van der Waals surface area contributed by atoms with Crippen LogP contribution in [0.2, 0.25) is 0 Å². The fraction of sp³-hybridized carbons (Fsp3) is 0.857. The average molecular weight is 222 g/mol. The lowest BCUT2D eigenvalue weighted by Crippen LogP contribution is -2.37. The van der Waals surface area contributed by atoms with E-state index in [0.29, 0.717) is 0 Å². The van der Waals surface area contributed by atoms with Gasteiger partial charge in [-0.25, -0.2) is 0 Å². The molecule has 92 valence electrons. The Morgan fingerprint density at radius 3 is 3.00 bits per heavy atom. The highest BCUT2D eigenvalue weighted by atomic mass is 15.1. The summed E-state index contributed by atoms with van der Waals surface area (Å²) in [5.74, 6) is 0.878. The summed E-state index contributed by atoms with van der Waals surface area (Å²) >= 11 is 0. The lowest BCUT2D eigenvalue weighted by atomic mass is 9.97. The van der Waals surface area contributed by atoms with E-state index in [1.807, 2.05) is 0 Å². The molecule has 0 bridgehead atoms. The van der Waals surface area contributed by atoms with E-state index in [4.69, 9.17) is 0 Å². The lowest BCUT2D eigenvalue weighted by molar-refractivity contribution is 0.254. The van der Waals surface area contributed by atoms with Crippen molar-refractivity contribution in [3.8, 4) is 0 Å². The molecule has 0 unspecified atom stereocenters. The highest BCUT2D eigenvalue weighted by Crippen LogP contribution is 2.19. The molecule has 0 spiro atoms. The van der Waals surface area contributed by atoms with Gasteiger partial charge in [0.25, 0.3) is 0 Å². The van der Waals surface area contributed by atoms with Crippen LogP contribution in [0.15, 0.2) is 11.6 Å². The first kappa shape index (κ1) is 12.1. The summed E-state index contributed by atoms with van der Waals surface area (Å²) in [4.78, 5) is 2.52. The van der Waals surface area contributed by atoms with Gasteiger partial charge in [0.05, 0.1) is 0 Å². The number of piperidine rings is 1. The quantitative estimate of drug-likeness (QED) is 0.735. The molecule has 0 aromatic heterocycles. The highest BCUT2D eigenvalue weighted by molar-refractivity contribution is 5.07. The van der Waals surface area contributed by atoms with Crippen molar-refractivity contribution in [3.05, 3.63) is 11.6 Å². The summed E-state index contributed by atoms with van der Waals surface area (Å²) < 4.78 is 0. The van der Waals surface area contributed by atoms with Crippen LogP contribution in [-0.2, 0) is 0 Å². The van der Waals surface area contributed by atoms with Crippen molar-refractivity contribution in [2.45, 2.75) is 38.5 Å². The first-order valence-corrected chi connectivity index (χ1v) is 6.92. The number of likely N-dealkylation sites (N-methyl/N-ethyl adjacent to an activating group) is 1. The van der Waals surface area contributed by atoms with Crippen molar-refractivity contribution < 1.29 is 0 Å². The normalized spacial score (nSPS) is 26.9. The zero-order chi connectivity index (χ0) is 11.2. The molecule has 0 aromatic rings. The Morgan fingerprint density at radius 1 is 1.38 bits per heavy atom. The molecule has 1 saturated heterocycles. The van der Waals surface area contributed by atoms with E-state index in [9.17, 15) is 0 Å². The Bertz CT molecular complexity index is 229. The van der Waals surface area contributed by atoms with Gasteiger partial charge in [-0.1, -0.05) is 11.6 Å². The fourth-order valence-corrected chi connectivity index (χ4v) is 2.98. The van der Waals surface area contributed by atoms with Gasteiger partial charge in [-0.05, 0) is 64.6 Å². The molecule has 1 aliphatic heterocycles. The molecule has 0 aromatic carbocycles. The number of rotatable bonds is 4. The van der Waals surface area contributed by atoms with Crippen LogP contribution in [-0.4, -0.2) is 38.1 Å². The highest BCUT2D eigenvalue weighted by Gasteiger charge is 2.15. The molecule has 2 rings (SSSR count). The van der Waals surface area contributed by atoms with Gasteiger partial charge in [0.15, 0.2) is 0 Å². The maximum absolute atomic E-state index is 3.50. The van der Waals surface area contributed by atoms with Crippen molar-refractivity contribution in [1.82, 2.24) is 10.2 Å². The maximum atomic E-state index is 3.50. The molecular formula is C14H26N2. The monoisotopic (exact) mass is 222 g/mol. The molecule has 2 aliphatic rings. The maximum Gasteiger partial charge on any atom is 0.0189 e. The number of nitrogens with one attached hydrogen (secondary N) is 1. The number of nitrogens with zero attached hydrogens (tertiary/aromatic N) is 1. The van der Waals surface area contributed by atoms with Crippen LogP contribution in [0.1, 0.15) is 38.5 Å². The van der Waals surface area contributed by atoms with E-state index in [1.165, 1.54) is 64.7 Å². The van der Waals surface area contributed by atoms with Crippen LogP contribution in [0.25, 0.3) is 0 Å². The van der Waals surface area contributed by atoms with Crippen molar-refractivity contribution in [2.75, 3.05) is 33.2 Å². The molecule has 2 nitrogen and oxygen atoms in total. The van der Waals surface area contributed by atoms with Gasteiger partial charge < -0.3 is 10.2 Å². The second-order valence-corrected chi connectivity index (χ2v) is 5.52. The summed E-state index contributed by atoms with van der Waals surface area (Å²) in [6.07, 6.45) is 10.7. The van der Waals surface area contributed by atoms with Gasteiger partial charge in [0, 0.05) is 13.1 Å². The first-order chi connectivity index (χ1) is 7.84. The average Bonchev–Trinajstić information content (AvgIpc) is 2.31. The second kappa shape index (κ2) is 6.41. The Hall–Kier alpha value is -0.340. The van der Waals surface area contributed by atoms with E-state index >= 15 is 0 Å². The minimum absolute atomic E-state index is 0.878. The number of hydrogen-bond acceptors (Lipinski definition) is 2. The molecule has 1 N–H and O–H groups in total. The summed E-state index contributed by atoms with van der Waals surface area (Å²) in [7, 11) is 2.28. The Balaban J connectivity index is 1.70. The molecule has 2 heteroatoms. The summed E-state index contributed by atoms with van der Waals surface area (Å²) in [6.45, 7) is 4.93. The van der Waals surface area contributed by atoms with Crippen molar-refractivity contribution in [3.63, 3.8) is 0 Å². The van der Waals surface area contributed by atoms with Crippen LogP contribution in [0.4, 0.5) is 0 Å². The molecule has 1 fully saturated rings. The molecule has 0 radical (unpaired) electrons. The first-order valence-electron chi connectivity index (χ1n) is 6.92. The standard InChI is InChI=1S/C14H26N2/c1-16(11-13-6-3-2-4-7-13)12-14-8-5-9-15-10-14/h6,14-15H,2-5,7-12H2,1H3/t14-/m1/s1. The third-order valence-corrected chi connectivity index (χ3v) is 3.83. The fourth-order valence-electron chi connectivity index (χ4n) is 2.98. The van der Waals surface area contributed by atoms with Gasteiger partial charge in [-0.15, -0.1) is 0 Å². The Kier molecular flexibility index (Phi) is 4.86. The number of allylic oxidation sites excluding steroid dienone is 1. The smallest absolute Gasteiger partial charge is 0.0189 e. The minimum Gasteiger partial charge on any atom is -0.316 e. The lowest BCUT2D eigenvalue weighted by Gasteiger charge is -2.28. The van der Waals surface area contributed by atoms with Crippen molar-refractivity contribution in [2.24, 2.45) is 5.92 Å². The summed E-state index contributed by atoms with van der Waals surface area (Å²) in [6, 6.07) is 0. The second-order valence-electron chi connectivity index (χ2n) is 5.52. The van der Waals surface area contributed by atoms with Crippen LogP contribution in [0.5, 0.6) is 0 Å². The van der Waals surface area contributed by atoms with Crippen LogP contribution in [0.3, 0.4) is 0 Å². The Labute approximate surface area is 100 Å². The van der Waals surface area contributed by atoms with E-state index < -0.39 is 0 Å². The SMILES string of the molecule is CN(CC1=CCCCC1)C[C@@H]1CCCNC1. The van der Waals surface area contributed by atoms with E-state index in [-0.39, 0.29) is 0 Å². The molecule has 0 saturated carbocycles. The summed E-state index contributed by atoms with van der Waals surface area (Å²) in [5, 5.41) is 3.50. The molecule has 1 heterocycles. The minimum atomic E-state index is 0.878. The van der Waals surface area contributed by atoms with Gasteiger partial charge in [-0.3, -0.25) is 0 Å². The molecular weight excluding hydrogens is 196 g/mol. The Morgan fingerprint density at radius 2 is 2.31 bits per heavy atom. The van der Waals surface area contributed by atoms with E-state index in [1.54, 1.807) is 5.57 Å². The van der Waals surface area contributed by atoms with Crippen molar-refractivity contribution in [1.29, 1.82) is 0 Å². The predicted molar refractivity (Wildman–Crippen MR) is 69.6 cm³/mol. The zero-order valence-electron chi connectivity index (χ0n) is 10.7. The zero-order valence-corrected chi connectivity index (χ0v) is 10.7. The third kappa shape index (κ3) is 3.91. The molecule has 1 atom stereocenters. The van der Waals surface area contributed by atoms with E-state index in [0.717, 1.165) is 5.92 Å². The summed E-state index contributed by atoms with van der Waals surface area (Å²) in [5.41, 5.74) is 1.68. The predicted octanol–water partition coefficient (Wildman–Crippen LogP) is 2.42. The van der Waals surface area contributed by atoms with Gasteiger partial charge in [-0.2, -0.15) is 0 Å². The van der Waals surface area contributed by atoms with Crippen LogP contribution >= 0.6 is 0 Å². The van der Waals surface area contributed by atoms with Gasteiger partial charge in [0.2, 0.25) is 0 Å². The van der Waals surface area contributed by atoms with Crippen LogP contribution < -0.4 is 5.32 Å². The topological polar surface area (TPSA) is 15.3 Å².